The van der Waals surface area contributed by atoms with Crippen LogP contribution in [-0.4, -0.2) is 42.2 Å². The van der Waals surface area contributed by atoms with Gasteiger partial charge in [0, 0.05) is 18.7 Å². The molecule has 172 valence electrons. The summed E-state index contributed by atoms with van der Waals surface area (Å²) >= 11 is 11.2. The van der Waals surface area contributed by atoms with Gasteiger partial charge in [0.1, 0.15) is 17.4 Å². The van der Waals surface area contributed by atoms with Crippen LogP contribution in [0, 0.1) is 11.6 Å². The molecule has 0 aliphatic heterocycles. The summed E-state index contributed by atoms with van der Waals surface area (Å²) < 4.78 is 32.0. The van der Waals surface area contributed by atoms with Crippen LogP contribution in [0.5, 0.6) is 5.75 Å². The molecule has 0 aromatic heterocycles. The van der Waals surface area contributed by atoms with Crippen LogP contribution in [0.3, 0.4) is 0 Å². The van der Waals surface area contributed by atoms with Crippen molar-refractivity contribution in [2.24, 2.45) is 0 Å². The van der Waals surface area contributed by atoms with Gasteiger partial charge in [-0.1, -0.05) is 35.3 Å². The number of hydrogen-bond donors (Lipinski definition) is 3. The molecular formula is C22H22Cl2F2N2O4. The molecule has 0 bridgehead atoms. The molecule has 0 aliphatic rings. The Morgan fingerprint density at radius 2 is 1.75 bits per heavy atom. The van der Waals surface area contributed by atoms with Gasteiger partial charge in [-0.05, 0) is 36.2 Å². The molecule has 10 heteroatoms. The Morgan fingerprint density at radius 3 is 2.38 bits per heavy atom. The van der Waals surface area contributed by atoms with Gasteiger partial charge in [-0.25, -0.2) is 8.78 Å². The molecule has 6 nitrogen and oxygen atoms in total. The maximum atomic E-state index is 13.5. The third-order valence-corrected chi connectivity index (χ3v) is 4.91. The number of aliphatic hydroxyl groups is 1. The SMILES string of the molecule is C=CC(C[C@H](O)CNC(=O)COc1ccc(Cl)c(F)c1)NC(=O)Cc1ccc(Cl)c(F)c1. The molecule has 0 aliphatic carbocycles. The average molecular weight is 487 g/mol. The van der Waals surface area contributed by atoms with E-state index in [-0.39, 0.29) is 41.8 Å². The van der Waals surface area contributed by atoms with Crippen molar-refractivity contribution in [2.75, 3.05) is 13.2 Å². The number of nitrogens with one attached hydrogen (secondary N) is 2. The van der Waals surface area contributed by atoms with Crippen LogP contribution in [0.2, 0.25) is 10.0 Å². The molecule has 2 aromatic carbocycles. The van der Waals surface area contributed by atoms with Gasteiger partial charge >= 0.3 is 0 Å². The zero-order chi connectivity index (χ0) is 23.7. The quantitative estimate of drug-likeness (QED) is 0.424. The molecule has 0 saturated carbocycles. The van der Waals surface area contributed by atoms with E-state index in [9.17, 15) is 23.5 Å². The highest BCUT2D eigenvalue weighted by atomic mass is 35.5. The van der Waals surface area contributed by atoms with E-state index in [4.69, 9.17) is 27.9 Å². The smallest absolute Gasteiger partial charge is 0.258 e. The summed E-state index contributed by atoms with van der Waals surface area (Å²) in [5.41, 5.74) is 0.445. The number of aliphatic hydroxyl groups excluding tert-OH is 1. The van der Waals surface area contributed by atoms with Crippen molar-refractivity contribution in [3.8, 4) is 5.75 Å². The van der Waals surface area contributed by atoms with E-state index >= 15 is 0 Å². The summed E-state index contributed by atoms with van der Waals surface area (Å²) in [6, 6.07) is 7.29. The van der Waals surface area contributed by atoms with Crippen molar-refractivity contribution in [3.63, 3.8) is 0 Å². The molecule has 0 spiro atoms. The highest BCUT2D eigenvalue weighted by Gasteiger charge is 2.16. The van der Waals surface area contributed by atoms with Crippen molar-refractivity contribution in [1.82, 2.24) is 10.6 Å². The van der Waals surface area contributed by atoms with Gasteiger partial charge < -0.3 is 20.5 Å². The summed E-state index contributed by atoms with van der Waals surface area (Å²) in [6.45, 7) is 3.14. The van der Waals surface area contributed by atoms with Crippen LogP contribution >= 0.6 is 23.2 Å². The van der Waals surface area contributed by atoms with E-state index < -0.39 is 35.6 Å². The topological polar surface area (TPSA) is 87.7 Å². The molecule has 2 aromatic rings. The molecular weight excluding hydrogens is 465 g/mol. The van der Waals surface area contributed by atoms with Crippen LogP contribution in [0.1, 0.15) is 12.0 Å². The summed E-state index contributed by atoms with van der Waals surface area (Å²) in [4.78, 5) is 24.0. The minimum absolute atomic E-state index is 0.0333. The Kier molecular flexibility index (Phi) is 9.90. The molecule has 3 N–H and O–H groups in total. The number of benzene rings is 2. The third-order valence-electron chi connectivity index (χ3n) is 4.30. The second-order valence-electron chi connectivity index (χ2n) is 6.89. The normalized spacial score (nSPS) is 12.5. The van der Waals surface area contributed by atoms with Crippen LogP contribution in [0.25, 0.3) is 0 Å². The number of carbonyl (C=O) groups is 2. The lowest BCUT2D eigenvalue weighted by molar-refractivity contribution is -0.124. The number of ether oxygens (including phenoxy) is 1. The molecule has 2 atom stereocenters. The number of amides is 2. The highest BCUT2D eigenvalue weighted by Crippen LogP contribution is 2.20. The van der Waals surface area contributed by atoms with Gasteiger partial charge in [0.05, 0.1) is 22.6 Å². The molecule has 0 saturated heterocycles. The second kappa shape index (κ2) is 12.4. The second-order valence-corrected chi connectivity index (χ2v) is 7.71. The minimum atomic E-state index is -0.983. The summed E-state index contributed by atoms with van der Waals surface area (Å²) in [7, 11) is 0. The molecule has 0 radical (unpaired) electrons. The van der Waals surface area contributed by atoms with E-state index in [2.05, 4.69) is 17.2 Å². The molecule has 2 amide bonds. The van der Waals surface area contributed by atoms with Gasteiger partial charge in [-0.2, -0.15) is 0 Å². The maximum Gasteiger partial charge on any atom is 0.258 e. The van der Waals surface area contributed by atoms with Gasteiger partial charge in [0.15, 0.2) is 6.61 Å². The number of rotatable bonds is 11. The van der Waals surface area contributed by atoms with Crippen molar-refractivity contribution >= 4 is 35.0 Å². The fraction of sp³-hybridized carbons (Fsp3) is 0.273. The fourth-order valence-corrected chi connectivity index (χ4v) is 2.92. The van der Waals surface area contributed by atoms with Crippen molar-refractivity contribution in [2.45, 2.75) is 25.0 Å². The Bertz CT molecular complexity index is 975. The predicted octanol–water partition coefficient (Wildman–Crippen LogP) is 3.43. The van der Waals surface area contributed by atoms with Crippen LogP contribution < -0.4 is 15.4 Å². The largest absolute Gasteiger partial charge is 0.484 e. The summed E-state index contributed by atoms with van der Waals surface area (Å²) in [6.07, 6.45) is 0.480. The van der Waals surface area contributed by atoms with E-state index in [1.165, 1.54) is 30.3 Å². The Balaban J connectivity index is 1.73. The number of carbonyl (C=O) groups excluding carboxylic acids is 2. The summed E-state index contributed by atoms with van der Waals surface area (Å²) in [5.74, 6) is -2.07. The first-order valence-electron chi connectivity index (χ1n) is 9.56. The number of hydrogen-bond acceptors (Lipinski definition) is 4. The highest BCUT2D eigenvalue weighted by molar-refractivity contribution is 6.31. The maximum absolute atomic E-state index is 13.5. The fourth-order valence-electron chi connectivity index (χ4n) is 2.68. The molecule has 0 heterocycles. The third kappa shape index (κ3) is 8.45. The Morgan fingerprint density at radius 1 is 1.09 bits per heavy atom. The van der Waals surface area contributed by atoms with Gasteiger partial charge in [-0.15, -0.1) is 6.58 Å². The van der Waals surface area contributed by atoms with Gasteiger partial charge in [0.2, 0.25) is 5.91 Å². The van der Waals surface area contributed by atoms with Gasteiger partial charge in [-0.3, -0.25) is 9.59 Å². The molecule has 32 heavy (non-hydrogen) atoms. The molecule has 2 rings (SSSR count). The van der Waals surface area contributed by atoms with E-state index in [0.29, 0.717) is 5.56 Å². The predicted molar refractivity (Wildman–Crippen MR) is 118 cm³/mol. The summed E-state index contributed by atoms with van der Waals surface area (Å²) in [5, 5.41) is 15.2. The Hall–Kier alpha value is -2.68. The van der Waals surface area contributed by atoms with Crippen LogP contribution in [0.4, 0.5) is 8.78 Å². The molecule has 0 fully saturated rings. The van der Waals surface area contributed by atoms with Crippen LogP contribution in [-0.2, 0) is 16.0 Å². The van der Waals surface area contributed by atoms with E-state index in [0.717, 1.165) is 6.07 Å². The lowest BCUT2D eigenvalue weighted by Gasteiger charge is -2.19. The first-order valence-corrected chi connectivity index (χ1v) is 10.3. The van der Waals surface area contributed by atoms with Crippen molar-refractivity contribution in [3.05, 3.63) is 76.3 Å². The van der Waals surface area contributed by atoms with Crippen LogP contribution in [0.15, 0.2) is 49.1 Å². The van der Waals surface area contributed by atoms with Crippen molar-refractivity contribution < 1.29 is 28.2 Å². The van der Waals surface area contributed by atoms with Crippen molar-refractivity contribution in [1.29, 1.82) is 0 Å². The zero-order valence-electron chi connectivity index (χ0n) is 16.9. The first-order chi connectivity index (χ1) is 15.2. The monoisotopic (exact) mass is 486 g/mol. The lowest BCUT2D eigenvalue weighted by Crippen LogP contribution is -2.41. The zero-order valence-corrected chi connectivity index (χ0v) is 18.4. The van der Waals surface area contributed by atoms with E-state index in [1.54, 1.807) is 6.07 Å². The van der Waals surface area contributed by atoms with Gasteiger partial charge in [0.25, 0.3) is 5.91 Å². The standard InChI is InChI=1S/C22H22Cl2F2N2O4/c1-2-14(28-21(30)8-13-3-5-17(23)19(25)7-13)9-15(29)11-27-22(31)12-32-16-4-6-18(24)20(26)10-16/h2-7,10,14-15,29H,1,8-9,11-12H2,(H,27,31)(H,28,30)/t14?,15-/m0/s1. The van der Waals surface area contributed by atoms with E-state index in [1.807, 2.05) is 0 Å². The Labute approximate surface area is 194 Å². The lowest BCUT2D eigenvalue weighted by atomic mass is 10.1. The average Bonchev–Trinajstić information content (AvgIpc) is 2.75. The molecule has 1 unspecified atom stereocenters. The minimum Gasteiger partial charge on any atom is -0.484 e. The number of halogens is 4. The first kappa shape index (κ1) is 25.6.